The maximum absolute atomic E-state index is 3.42. The Hall–Kier alpha value is -0.195. The first kappa shape index (κ1) is 3.80. The minimum absolute atomic E-state index is 1.75. The third-order valence-corrected chi connectivity index (χ3v) is 0.236. The van der Waals surface area contributed by atoms with Crippen molar-refractivity contribution in [2.75, 3.05) is 0 Å². The SMILES string of the molecule is BC=C[CH2]. The van der Waals surface area contributed by atoms with E-state index in [-0.39, 0.29) is 0 Å². The van der Waals surface area contributed by atoms with E-state index in [4.69, 9.17) is 0 Å². The zero-order chi connectivity index (χ0) is 3.41. The first-order chi connectivity index (χ1) is 1.91. The third-order valence-electron chi connectivity index (χ3n) is 0.236. The standard InChI is InChI=1S/C3H6B/c1-2-3-4/h2-3H,1,4H2. The lowest BCUT2D eigenvalue weighted by molar-refractivity contribution is 2.15. The summed E-state index contributed by atoms with van der Waals surface area (Å²) in [5.41, 5.74) is 0. The van der Waals surface area contributed by atoms with Crippen molar-refractivity contribution in [2.24, 2.45) is 0 Å². The van der Waals surface area contributed by atoms with Crippen LogP contribution in [0.3, 0.4) is 0 Å². The number of allylic oxidation sites excluding steroid dienone is 1. The second-order valence-corrected chi connectivity index (χ2v) is 0.569. The van der Waals surface area contributed by atoms with E-state index < -0.39 is 0 Å². The molecule has 0 aromatic carbocycles. The van der Waals surface area contributed by atoms with Crippen molar-refractivity contribution in [3.05, 3.63) is 19.0 Å². The third kappa shape index (κ3) is 1.80. The molecule has 0 saturated heterocycles. The second kappa shape index (κ2) is 2.80. The van der Waals surface area contributed by atoms with Crippen LogP contribution in [0.4, 0.5) is 0 Å². The Labute approximate surface area is 27.9 Å². The summed E-state index contributed by atoms with van der Waals surface area (Å²) >= 11 is 0. The molecule has 0 unspecified atom stereocenters. The fourth-order valence-electron chi connectivity index (χ4n) is 0. The quantitative estimate of drug-likeness (QED) is 0.340. The molecule has 0 aromatic rings. The molecule has 4 heavy (non-hydrogen) atoms. The van der Waals surface area contributed by atoms with Gasteiger partial charge in [-0.3, -0.25) is 0 Å². The van der Waals surface area contributed by atoms with Crippen LogP contribution < -0.4 is 0 Å². The van der Waals surface area contributed by atoms with E-state index >= 15 is 0 Å². The van der Waals surface area contributed by atoms with Gasteiger partial charge < -0.3 is 0 Å². The van der Waals surface area contributed by atoms with E-state index in [9.17, 15) is 0 Å². The van der Waals surface area contributed by atoms with Crippen LogP contribution in [-0.4, -0.2) is 7.85 Å². The van der Waals surface area contributed by atoms with Crippen molar-refractivity contribution in [2.45, 2.75) is 0 Å². The summed E-state index contributed by atoms with van der Waals surface area (Å²) in [6, 6.07) is 0. The maximum Gasteiger partial charge on any atom is 0.129 e. The molecule has 0 N–H and O–H groups in total. The van der Waals surface area contributed by atoms with E-state index in [1.54, 1.807) is 6.08 Å². The molecule has 0 aliphatic heterocycles. The minimum atomic E-state index is 1.75. The van der Waals surface area contributed by atoms with Crippen LogP contribution in [0.2, 0.25) is 0 Å². The van der Waals surface area contributed by atoms with Gasteiger partial charge in [0.2, 0.25) is 0 Å². The highest BCUT2D eigenvalue weighted by Gasteiger charge is 1.36. The predicted molar refractivity (Wildman–Crippen MR) is 23.0 cm³/mol. The monoisotopic (exact) mass is 53.1 g/mol. The Bertz CT molecular complexity index is 18.5. The Balaban J connectivity index is 2.55. The summed E-state index contributed by atoms with van der Waals surface area (Å²) in [5.74, 6) is 1.89. The minimum Gasteiger partial charge on any atom is -0.128 e. The van der Waals surface area contributed by atoms with Gasteiger partial charge in [-0.25, -0.2) is 0 Å². The molecular weight excluding hydrogens is 46.8 g/mol. The van der Waals surface area contributed by atoms with Crippen LogP contribution in [-0.2, 0) is 0 Å². The van der Waals surface area contributed by atoms with Crippen molar-refractivity contribution < 1.29 is 0 Å². The number of rotatable bonds is 0. The summed E-state index contributed by atoms with van der Waals surface area (Å²) in [6.45, 7) is 3.42. The molecular formula is C3H6B. The van der Waals surface area contributed by atoms with E-state index in [1.807, 2.05) is 13.8 Å². The van der Waals surface area contributed by atoms with Gasteiger partial charge in [0.15, 0.2) is 0 Å². The van der Waals surface area contributed by atoms with Crippen LogP contribution in [0, 0.1) is 6.92 Å². The summed E-state index contributed by atoms with van der Waals surface area (Å²) in [4.78, 5) is 0. The number of hydrogen-bond donors (Lipinski definition) is 0. The van der Waals surface area contributed by atoms with E-state index in [2.05, 4.69) is 6.92 Å². The topological polar surface area (TPSA) is 0 Å². The fraction of sp³-hybridized carbons (Fsp3) is 0. The molecule has 0 aliphatic rings. The molecule has 0 saturated carbocycles. The lowest BCUT2D eigenvalue weighted by atomic mass is 10.1. The van der Waals surface area contributed by atoms with Gasteiger partial charge in [0.25, 0.3) is 0 Å². The molecule has 21 valence electrons. The smallest absolute Gasteiger partial charge is 0.128 e. The Kier molecular flexibility index (Phi) is 2.67. The van der Waals surface area contributed by atoms with Gasteiger partial charge in [-0.1, -0.05) is 6.08 Å². The fourth-order valence-corrected chi connectivity index (χ4v) is 0. The van der Waals surface area contributed by atoms with Gasteiger partial charge >= 0.3 is 0 Å². The molecule has 1 radical (unpaired) electrons. The van der Waals surface area contributed by atoms with Gasteiger partial charge in [0.05, 0.1) is 0 Å². The molecule has 0 spiro atoms. The van der Waals surface area contributed by atoms with Crippen LogP contribution in [0.25, 0.3) is 0 Å². The van der Waals surface area contributed by atoms with Crippen molar-refractivity contribution in [1.82, 2.24) is 0 Å². The first-order valence-corrected chi connectivity index (χ1v) is 1.32. The molecule has 0 aromatic heterocycles. The Morgan fingerprint density at radius 3 is 2.00 bits per heavy atom. The molecule has 0 atom stereocenters. The van der Waals surface area contributed by atoms with Crippen molar-refractivity contribution >= 4 is 7.85 Å². The summed E-state index contributed by atoms with van der Waals surface area (Å²) in [6.07, 6.45) is 1.75. The highest BCUT2D eigenvalue weighted by molar-refractivity contribution is 6.16. The highest BCUT2D eigenvalue weighted by atomic mass is 13.3. The summed E-state index contributed by atoms with van der Waals surface area (Å²) < 4.78 is 0. The van der Waals surface area contributed by atoms with Gasteiger partial charge in [0.1, 0.15) is 7.85 Å². The zero-order valence-corrected chi connectivity index (χ0v) is 2.86. The summed E-state index contributed by atoms with van der Waals surface area (Å²) in [5, 5.41) is 0. The molecule has 0 nitrogen and oxygen atoms in total. The van der Waals surface area contributed by atoms with E-state index in [0.717, 1.165) is 0 Å². The molecule has 0 heterocycles. The first-order valence-electron chi connectivity index (χ1n) is 1.32. The van der Waals surface area contributed by atoms with Crippen LogP contribution >= 0.6 is 0 Å². The molecule has 1 heteroatoms. The molecule has 0 rings (SSSR count). The normalized spacial score (nSPS) is 9.25. The van der Waals surface area contributed by atoms with Gasteiger partial charge in [-0.2, -0.15) is 0 Å². The Morgan fingerprint density at radius 2 is 2.00 bits per heavy atom. The second-order valence-electron chi connectivity index (χ2n) is 0.569. The van der Waals surface area contributed by atoms with Crippen LogP contribution in [0.15, 0.2) is 12.1 Å². The molecule has 0 bridgehead atoms. The molecule has 0 fully saturated rings. The van der Waals surface area contributed by atoms with E-state index in [1.165, 1.54) is 0 Å². The highest BCUT2D eigenvalue weighted by Crippen LogP contribution is 1.49. The largest absolute Gasteiger partial charge is 0.129 e. The van der Waals surface area contributed by atoms with Crippen molar-refractivity contribution in [3.63, 3.8) is 0 Å². The lowest BCUT2D eigenvalue weighted by Gasteiger charge is -1.48. The average Bonchev–Trinajstić information content (AvgIpc) is 1.37. The summed E-state index contributed by atoms with van der Waals surface area (Å²) in [7, 11) is 1.94. The lowest BCUT2D eigenvalue weighted by Crippen LogP contribution is -1.40. The van der Waals surface area contributed by atoms with Crippen molar-refractivity contribution in [3.8, 4) is 0 Å². The van der Waals surface area contributed by atoms with Crippen LogP contribution in [0.1, 0.15) is 0 Å². The van der Waals surface area contributed by atoms with Gasteiger partial charge in [-0.05, 0) is 6.92 Å². The zero-order valence-electron chi connectivity index (χ0n) is 2.86. The van der Waals surface area contributed by atoms with Crippen LogP contribution in [0.5, 0.6) is 0 Å². The van der Waals surface area contributed by atoms with E-state index in [0.29, 0.717) is 0 Å². The average molecular weight is 52.9 g/mol. The number of hydrogen-bond acceptors (Lipinski definition) is 0. The van der Waals surface area contributed by atoms with Gasteiger partial charge in [0, 0.05) is 0 Å². The van der Waals surface area contributed by atoms with Gasteiger partial charge in [-0.15, -0.1) is 5.98 Å². The molecule has 0 amide bonds. The predicted octanol–water partition coefficient (Wildman–Crippen LogP) is -0.0327. The Morgan fingerprint density at radius 1 is 1.75 bits per heavy atom. The van der Waals surface area contributed by atoms with Crippen molar-refractivity contribution in [1.29, 1.82) is 0 Å². The maximum atomic E-state index is 3.42. The molecule has 0 aliphatic carbocycles.